The lowest BCUT2D eigenvalue weighted by Crippen LogP contribution is -2.09. The molecular formula is C16H13ClN2O3. The van der Waals surface area contributed by atoms with Crippen molar-refractivity contribution in [3.05, 3.63) is 59.9 Å². The smallest absolute Gasteiger partial charge is 0.247 e. The second-order valence-corrected chi connectivity index (χ2v) is 4.80. The lowest BCUT2D eigenvalue weighted by atomic mass is 10.2. The van der Waals surface area contributed by atoms with Gasteiger partial charge in [-0.2, -0.15) is 0 Å². The molecule has 0 radical (unpaired) electrons. The van der Waals surface area contributed by atoms with E-state index in [-0.39, 0.29) is 0 Å². The highest BCUT2D eigenvalue weighted by atomic mass is 35.5. The van der Waals surface area contributed by atoms with E-state index in [2.05, 4.69) is 10.2 Å². The molecule has 3 aromatic rings. The average molecular weight is 317 g/mol. The summed E-state index contributed by atoms with van der Waals surface area (Å²) in [6, 6.07) is 14.7. The number of hydrogen-bond donors (Lipinski definition) is 0. The molecule has 0 saturated heterocycles. The molecule has 0 amide bonds. The normalized spacial score (nSPS) is 10.4. The van der Waals surface area contributed by atoms with Crippen LogP contribution in [-0.4, -0.2) is 23.4 Å². The zero-order valence-electron chi connectivity index (χ0n) is 11.6. The first-order valence-electron chi connectivity index (χ1n) is 6.69. The maximum absolute atomic E-state index is 6.00. The van der Waals surface area contributed by atoms with Gasteiger partial charge >= 0.3 is 0 Å². The van der Waals surface area contributed by atoms with Crippen molar-refractivity contribution in [3.8, 4) is 23.0 Å². The summed E-state index contributed by atoms with van der Waals surface area (Å²) in [5.74, 6) is 1.87. The van der Waals surface area contributed by atoms with Gasteiger partial charge in [0.15, 0.2) is 0 Å². The van der Waals surface area contributed by atoms with Crippen LogP contribution in [-0.2, 0) is 0 Å². The predicted molar refractivity (Wildman–Crippen MR) is 82.2 cm³/mol. The van der Waals surface area contributed by atoms with E-state index in [4.69, 9.17) is 25.5 Å². The molecule has 0 N–H and O–H groups in total. The largest absolute Gasteiger partial charge is 0.490 e. The summed E-state index contributed by atoms with van der Waals surface area (Å²) in [6.07, 6.45) is 1.30. The van der Waals surface area contributed by atoms with E-state index in [0.29, 0.717) is 29.9 Å². The van der Waals surface area contributed by atoms with Crippen molar-refractivity contribution in [2.24, 2.45) is 0 Å². The van der Waals surface area contributed by atoms with Crippen LogP contribution >= 0.6 is 11.6 Å². The third kappa shape index (κ3) is 3.56. The van der Waals surface area contributed by atoms with Crippen molar-refractivity contribution in [2.45, 2.75) is 0 Å². The second kappa shape index (κ2) is 6.95. The highest BCUT2D eigenvalue weighted by molar-refractivity contribution is 6.32. The number of rotatable bonds is 6. The van der Waals surface area contributed by atoms with Crippen LogP contribution in [0.25, 0.3) is 11.5 Å². The average Bonchev–Trinajstić information content (AvgIpc) is 3.08. The summed E-state index contributed by atoms with van der Waals surface area (Å²) in [5, 5.41) is 8.07. The number of ether oxygens (including phenoxy) is 2. The van der Waals surface area contributed by atoms with Gasteiger partial charge in [-0.25, -0.2) is 0 Å². The van der Waals surface area contributed by atoms with Crippen LogP contribution in [0.1, 0.15) is 0 Å². The summed E-state index contributed by atoms with van der Waals surface area (Å²) in [4.78, 5) is 0. The van der Waals surface area contributed by atoms with E-state index in [9.17, 15) is 0 Å². The van der Waals surface area contributed by atoms with Gasteiger partial charge < -0.3 is 13.9 Å². The van der Waals surface area contributed by atoms with E-state index in [1.165, 1.54) is 6.39 Å². The Morgan fingerprint density at radius 1 is 0.955 bits per heavy atom. The van der Waals surface area contributed by atoms with Crippen LogP contribution in [0.3, 0.4) is 0 Å². The number of hydrogen-bond acceptors (Lipinski definition) is 5. The van der Waals surface area contributed by atoms with Crippen molar-refractivity contribution in [1.82, 2.24) is 10.2 Å². The molecule has 3 rings (SSSR count). The van der Waals surface area contributed by atoms with E-state index in [1.54, 1.807) is 6.07 Å². The van der Waals surface area contributed by atoms with Crippen molar-refractivity contribution in [2.75, 3.05) is 13.2 Å². The van der Waals surface area contributed by atoms with Crippen molar-refractivity contribution in [3.63, 3.8) is 0 Å². The predicted octanol–water partition coefficient (Wildman–Crippen LogP) is 3.85. The number of benzene rings is 2. The quantitative estimate of drug-likeness (QED) is 0.646. The van der Waals surface area contributed by atoms with Crippen LogP contribution in [0.5, 0.6) is 11.5 Å². The molecule has 0 saturated carbocycles. The molecule has 0 spiro atoms. The van der Waals surface area contributed by atoms with Crippen molar-refractivity contribution in [1.29, 1.82) is 0 Å². The van der Waals surface area contributed by atoms with Gasteiger partial charge in [0.05, 0.1) is 5.02 Å². The molecule has 0 aliphatic carbocycles. The summed E-state index contributed by atoms with van der Waals surface area (Å²) < 4.78 is 16.3. The van der Waals surface area contributed by atoms with Gasteiger partial charge in [-0.05, 0) is 36.4 Å². The standard InChI is InChI=1S/C16H13ClN2O3/c17-14-3-1-2-4-15(14)21-10-9-20-13-7-5-12(6-8-13)16-19-18-11-22-16/h1-8,11H,9-10H2. The summed E-state index contributed by atoms with van der Waals surface area (Å²) in [6.45, 7) is 0.834. The van der Waals surface area contributed by atoms with Crippen LogP contribution < -0.4 is 9.47 Å². The molecular weight excluding hydrogens is 304 g/mol. The molecule has 6 heteroatoms. The molecule has 0 unspecified atom stereocenters. The van der Waals surface area contributed by atoms with E-state index < -0.39 is 0 Å². The Morgan fingerprint density at radius 3 is 2.45 bits per heavy atom. The van der Waals surface area contributed by atoms with Gasteiger partial charge in [0.2, 0.25) is 12.3 Å². The first-order chi connectivity index (χ1) is 10.8. The van der Waals surface area contributed by atoms with E-state index in [1.807, 2.05) is 42.5 Å². The molecule has 0 bridgehead atoms. The molecule has 2 aromatic carbocycles. The third-order valence-corrected chi connectivity index (χ3v) is 3.22. The molecule has 5 nitrogen and oxygen atoms in total. The van der Waals surface area contributed by atoms with Gasteiger partial charge in [-0.3, -0.25) is 0 Å². The first kappa shape index (κ1) is 14.4. The molecule has 1 heterocycles. The molecule has 0 atom stereocenters. The van der Waals surface area contributed by atoms with Gasteiger partial charge in [-0.1, -0.05) is 23.7 Å². The Morgan fingerprint density at radius 2 is 1.73 bits per heavy atom. The fraction of sp³-hybridized carbons (Fsp3) is 0.125. The molecule has 0 aliphatic heterocycles. The van der Waals surface area contributed by atoms with Crippen molar-refractivity contribution >= 4 is 11.6 Å². The van der Waals surface area contributed by atoms with Crippen LogP contribution in [0.4, 0.5) is 0 Å². The molecule has 0 fully saturated rings. The molecule has 0 aliphatic rings. The second-order valence-electron chi connectivity index (χ2n) is 4.40. The Balaban J connectivity index is 1.49. The maximum Gasteiger partial charge on any atom is 0.247 e. The Labute approximate surface area is 132 Å². The Hall–Kier alpha value is -2.53. The monoisotopic (exact) mass is 316 g/mol. The van der Waals surface area contributed by atoms with Gasteiger partial charge in [0.25, 0.3) is 0 Å². The lowest BCUT2D eigenvalue weighted by molar-refractivity contribution is 0.217. The molecule has 1 aromatic heterocycles. The SMILES string of the molecule is Clc1ccccc1OCCOc1ccc(-c2nnco2)cc1. The summed E-state index contributed by atoms with van der Waals surface area (Å²) in [7, 11) is 0. The summed E-state index contributed by atoms with van der Waals surface area (Å²) >= 11 is 6.00. The van der Waals surface area contributed by atoms with Crippen LogP contribution in [0.2, 0.25) is 5.02 Å². The highest BCUT2D eigenvalue weighted by Crippen LogP contribution is 2.23. The number of aromatic nitrogens is 2. The van der Waals surface area contributed by atoms with Crippen LogP contribution in [0, 0.1) is 0 Å². The number of halogens is 1. The van der Waals surface area contributed by atoms with E-state index in [0.717, 1.165) is 11.3 Å². The lowest BCUT2D eigenvalue weighted by Gasteiger charge is -2.09. The van der Waals surface area contributed by atoms with Gasteiger partial charge in [0, 0.05) is 5.56 Å². The minimum Gasteiger partial charge on any atom is -0.490 e. The fourth-order valence-corrected chi connectivity index (χ4v) is 2.06. The minimum atomic E-state index is 0.412. The zero-order chi connectivity index (χ0) is 15.2. The third-order valence-electron chi connectivity index (χ3n) is 2.91. The Bertz CT molecular complexity index is 715. The number of para-hydroxylation sites is 1. The van der Waals surface area contributed by atoms with Crippen LogP contribution in [0.15, 0.2) is 59.3 Å². The zero-order valence-corrected chi connectivity index (χ0v) is 12.4. The van der Waals surface area contributed by atoms with Gasteiger partial charge in [-0.15, -0.1) is 10.2 Å². The topological polar surface area (TPSA) is 57.4 Å². The van der Waals surface area contributed by atoms with Gasteiger partial charge in [0.1, 0.15) is 24.7 Å². The van der Waals surface area contributed by atoms with Crippen molar-refractivity contribution < 1.29 is 13.9 Å². The number of nitrogens with zero attached hydrogens (tertiary/aromatic N) is 2. The summed E-state index contributed by atoms with van der Waals surface area (Å²) in [5.41, 5.74) is 0.845. The molecule has 22 heavy (non-hydrogen) atoms. The molecule has 112 valence electrons. The van der Waals surface area contributed by atoms with E-state index >= 15 is 0 Å². The highest BCUT2D eigenvalue weighted by Gasteiger charge is 2.04. The Kier molecular flexibility index (Phi) is 4.56. The fourth-order valence-electron chi connectivity index (χ4n) is 1.87. The maximum atomic E-state index is 6.00. The first-order valence-corrected chi connectivity index (χ1v) is 7.07. The minimum absolute atomic E-state index is 0.412.